The number of carbonyl (C=O) groups excluding carboxylic acids is 1. The van der Waals surface area contributed by atoms with E-state index >= 15 is 0 Å². The Morgan fingerprint density at radius 1 is 1.35 bits per heavy atom. The van der Waals surface area contributed by atoms with E-state index in [1.165, 1.54) is 12.8 Å². The predicted octanol–water partition coefficient (Wildman–Crippen LogP) is 1.89. The lowest BCUT2D eigenvalue weighted by atomic mass is 10.1. The second-order valence-electron chi connectivity index (χ2n) is 5.74. The smallest absolute Gasteiger partial charge is 0.232 e. The van der Waals surface area contributed by atoms with Gasteiger partial charge in [-0.15, -0.1) is 11.8 Å². The van der Waals surface area contributed by atoms with Crippen molar-refractivity contribution in [1.82, 2.24) is 10.2 Å². The molecule has 1 N–H and O–H groups in total. The zero-order valence-corrected chi connectivity index (χ0v) is 13.4. The summed E-state index contributed by atoms with van der Waals surface area (Å²) in [5, 5.41) is 4.03. The van der Waals surface area contributed by atoms with Gasteiger partial charge in [-0.1, -0.05) is 6.92 Å². The fourth-order valence-corrected chi connectivity index (χ4v) is 3.96. The first-order valence-corrected chi connectivity index (χ1v) is 9.06. The van der Waals surface area contributed by atoms with E-state index in [2.05, 4.69) is 12.2 Å². The van der Waals surface area contributed by atoms with E-state index in [0.29, 0.717) is 16.9 Å². The van der Waals surface area contributed by atoms with Crippen LogP contribution in [0.3, 0.4) is 0 Å². The van der Waals surface area contributed by atoms with Gasteiger partial charge in [-0.2, -0.15) is 0 Å². The Bertz CT molecular complexity index is 296. The van der Waals surface area contributed by atoms with E-state index in [4.69, 9.17) is 4.74 Å². The lowest BCUT2D eigenvalue weighted by Gasteiger charge is -2.33. The molecule has 2 saturated heterocycles. The number of piperidine rings is 2. The molecular formula is C15H28N2O2S. The van der Waals surface area contributed by atoms with Crippen LogP contribution in [0.4, 0.5) is 0 Å². The molecule has 2 fully saturated rings. The molecule has 4 nitrogen and oxygen atoms in total. The van der Waals surface area contributed by atoms with Crippen molar-refractivity contribution < 1.29 is 9.53 Å². The molecule has 1 unspecified atom stereocenters. The van der Waals surface area contributed by atoms with E-state index in [9.17, 15) is 4.79 Å². The van der Waals surface area contributed by atoms with Gasteiger partial charge in [0.2, 0.25) is 5.91 Å². The van der Waals surface area contributed by atoms with Crippen molar-refractivity contribution in [3.8, 4) is 0 Å². The Hall–Kier alpha value is -0.260. The van der Waals surface area contributed by atoms with Crippen LogP contribution in [0.5, 0.6) is 0 Å². The first-order chi connectivity index (χ1) is 9.79. The van der Waals surface area contributed by atoms with Gasteiger partial charge < -0.3 is 15.0 Å². The van der Waals surface area contributed by atoms with Gasteiger partial charge >= 0.3 is 0 Å². The van der Waals surface area contributed by atoms with E-state index in [0.717, 1.165) is 52.0 Å². The lowest BCUT2D eigenvalue weighted by molar-refractivity contribution is -0.132. The quantitative estimate of drug-likeness (QED) is 0.813. The molecule has 0 saturated carbocycles. The molecule has 2 aliphatic rings. The highest BCUT2D eigenvalue weighted by molar-refractivity contribution is 8.00. The average molecular weight is 300 g/mol. The zero-order valence-electron chi connectivity index (χ0n) is 12.6. The van der Waals surface area contributed by atoms with E-state index < -0.39 is 0 Å². The fraction of sp³-hybridized carbons (Fsp3) is 0.933. The number of hydrogen-bond acceptors (Lipinski definition) is 4. The molecule has 2 aliphatic heterocycles. The van der Waals surface area contributed by atoms with E-state index in [-0.39, 0.29) is 6.10 Å². The molecule has 0 bridgehead atoms. The number of nitrogens with one attached hydrogen (secondary N) is 1. The van der Waals surface area contributed by atoms with Gasteiger partial charge in [0.15, 0.2) is 0 Å². The summed E-state index contributed by atoms with van der Waals surface area (Å²) >= 11 is 1.85. The van der Waals surface area contributed by atoms with Crippen LogP contribution in [0, 0.1) is 0 Å². The van der Waals surface area contributed by atoms with Crippen molar-refractivity contribution in [1.29, 1.82) is 0 Å². The molecule has 0 aromatic rings. The Balaban J connectivity index is 1.68. The molecule has 0 aromatic heterocycles. The Labute approximate surface area is 127 Å². The van der Waals surface area contributed by atoms with Gasteiger partial charge in [-0.25, -0.2) is 0 Å². The standard InChI is InChI=1S/C15H28N2O2S/c1-2-10-19-13-4-3-9-17(11-13)15(18)12-20-14-5-7-16-8-6-14/h13-14,16H,2-12H2,1H3. The fourth-order valence-electron chi connectivity index (χ4n) is 2.83. The SMILES string of the molecule is CCCOC1CCCN(C(=O)CSC2CCNCC2)C1. The van der Waals surface area contributed by atoms with Crippen molar-refractivity contribution >= 4 is 17.7 Å². The number of rotatable bonds is 6. The van der Waals surface area contributed by atoms with Gasteiger partial charge in [-0.3, -0.25) is 4.79 Å². The summed E-state index contributed by atoms with van der Waals surface area (Å²) < 4.78 is 5.80. The second kappa shape index (κ2) is 8.90. The maximum absolute atomic E-state index is 12.3. The second-order valence-corrected chi connectivity index (χ2v) is 7.02. The van der Waals surface area contributed by atoms with Crippen molar-refractivity contribution in [3.05, 3.63) is 0 Å². The van der Waals surface area contributed by atoms with Crippen LogP contribution in [0.2, 0.25) is 0 Å². The third-order valence-electron chi connectivity index (χ3n) is 4.02. The molecule has 2 rings (SSSR count). The average Bonchev–Trinajstić information content (AvgIpc) is 2.52. The molecule has 20 heavy (non-hydrogen) atoms. The third-order valence-corrected chi connectivity index (χ3v) is 5.37. The summed E-state index contributed by atoms with van der Waals surface area (Å²) in [6, 6.07) is 0. The molecule has 1 amide bonds. The third kappa shape index (κ3) is 5.26. The molecule has 0 aliphatic carbocycles. The molecule has 0 spiro atoms. The van der Waals surface area contributed by atoms with Crippen LogP contribution in [0.15, 0.2) is 0 Å². The Kier molecular flexibility index (Phi) is 7.17. The van der Waals surface area contributed by atoms with E-state index in [1.54, 1.807) is 0 Å². The first-order valence-electron chi connectivity index (χ1n) is 8.01. The summed E-state index contributed by atoms with van der Waals surface area (Å²) in [5.41, 5.74) is 0. The highest BCUT2D eigenvalue weighted by atomic mass is 32.2. The first kappa shape index (κ1) is 16.1. The minimum Gasteiger partial charge on any atom is -0.376 e. The minimum atomic E-state index is 0.261. The number of nitrogens with zero attached hydrogens (tertiary/aromatic N) is 1. The largest absolute Gasteiger partial charge is 0.376 e. The number of amides is 1. The van der Waals surface area contributed by atoms with Gasteiger partial charge in [0.25, 0.3) is 0 Å². The van der Waals surface area contributed by atoms with Gasteiger partial charge in [0.05, 0.1) is 11.9 Å². The van der Waals surface area contributed by atoms with Crippen LogP contribution >= 0.6 is 11.8 Å². The van der Waals surface area contributed by atoms with Crippen molar-refractivity contribution in [2.45, 2.75) is 50.4 Å². The summed E-state index contributed by atoms with van der Waals surface area (Å²) in [6.07, 6.45) is 5.89. The van der Waals surface area contributed by atoms with Crippen LogP contribution in [-0.4, -0.2) is 60.7 Å². The maximum Gasteiger partial charge on any atom is 0.232 e. The normalized spacial score (nSPS) is 24.9. The molecule has 5 heteroatoms. The Morgan fingerprint density at radius 2 is 2.15 bits per heavy atom. The van der Waals surface area contributed by atoms with Crippen LogP contribution in [-0.2, 0) is 9.53 Å². The summed E-state index contributed by atoms with van der Waals surface area (Å²) in [6.45, 7) is 6.85. The summed E-state index contributed by atoms with van der Waals surface area (Å²) in [7, 11) is 0. The summed E-state index contributed by atoms with van der Waals surface area (Å²) in [4.78, 5) is 14.3. The molecule has 2 heterocycles. The number of thioether (sulfide) groups is 1. The van der Waals surface area contributed by atoms with Gasteiger partial charge in [0.1, 0.15) is 0 Å². The minimum absolute atomic E-state index is 0.261. The van der Waals surface area contributed by atoms with Crippen LogP contribution in [0.25, 0.3) is 0 Å². The van der Waals surface area contributed by atoms with Gasteiger partial charge in [0, 0.05) is 24.9 Å². The number of likely N-dealkylation sites (tertiary alicyclic amines) is 1. The van der Waals surface area contributed by atoms with Crippen LogP contribution in [0.1, 0.15) is 39.0 Å². The van der Waals surface area contributed by atoms with Crippen molar-refractivity contribution in [3.63, 3.8) is 0 Å². The monoisotopic (exact) mass is 300 g/mol. The van der Waals surface area contributed by atoms with Gasteiger partial charge in [-0.05, 0) is 45.2 Å². The zero-order chi connectivity index (χ0) is 14.2. The number of ether oxygens (including phenoxy) is 1. The topological polar surface area (TPSA) is 41.6 Å². The molecule has 0 radical (unpaired) electrons. The highest BCUT2D eigenvalue weighted by Crippen LogP contribution is 2.21. The molecule has 1 atom stereocenters. The van der Waals surface area contributed by atoms with Crippen molar-refractivity contribution in [2.24, 2.45) is 0 Å². The van der Waals surface area contributed by atoms with Crippen molar-refractivity contribution in [2.75, 3.05) is 38.5 Å². The molecule has 116 valence electrons. The lowest BCUT2D eigenvalue weighted by Crippen LogP contribution is -2.44. The number of hydrogen-bond donors (Lipinski definition) is 1. The van der Waals surface area contributed by atoms with Crippen LogP contribution < -0.4 is 5.32 Å². The number of carbonyl (C=O) groups is 1. The molecular weight excluding hydrogens is 272 g/mol. The van der Waals surface area contributed by atoms with E-state index in [1.807, 2.05) is 16.7 Å². The maximum atomic E-state index is 12.3. The summed E-state index contributed by atoms with van der Waals surface area (Å²) in [5.74, 6) is 0.948. The Morgan fingerprint density at radius 3 is 2.90 bits per heavy atom. The highest BCUT2D eigenvalue weighted by Gasteiger charge is 2.24. The molecule has 0 aromatic carbocycles. The predicted molar refractivity (Wildman–Crippen MR) is 84.2 cm³/mol.